The van der Waals surface area contributed by atoms with Gasteiger partial charge in [0.15, 0.2) is 0 Å². The van der Waals surface area contributed by atoms with E-state index >= 15 is 0 Å². The van der Waals surface area contributed by atoms with Gasteiger partial charge in [0, 0.05) is 56.8 Å². The van der Waals surface area contributed by atoms with Crippen LogP contribution in [0.1, 0.15) is 61.1 Å². The minimum Gasteiger partial charge on any atom is -0.340 e. The van der Waals surface area contributed by atoms with Crippen molar-refractivity contribution in [3.05, 3.63) is 65.0 Å². The third kappa shape index (κ3) is 8.10. The Bertz CT molecular complexity index is 1440. The Labute approximate surface area is 267 Å². The molecule has 2 aliphatic carbocycles. The molecule has 0 spiro atoms. The van der Waals surface area contributed by atoms with E-state index in [1.807, 2.05) is 0 Å². The topological polar surface area (TPSA) is 85.0 Å². The second-order valence-electron chi connectivity index (χ2n) is 12.6. The second-order valence-corrected chi connectivity index (χ2v) is 12.6. The molecule has 15 heteroatoms. The molecular formula is C32H36F7N5O3. The third-order valence-corrected chi connectivity index (χ3v) is 9.27. The van der Waals surface area contributed by atoms with E-state index in [4.69, 9.17) is 0 Å². The fourth-order valence-corrected chi connectivity index (χ4v) is 6.40. The molecule has 5 amide bonds. The summed E-state index contributed by atoms with van der Waals surface area (Å²) in [5, 5.41) is 5.84. The Morgan fingerprint density at radius 2 is 1.28 bits per heavy atom. The zero-order valence-electron chi connectivity index (χ0n) is 25.8. The number of amides is 5. The number of carbonyl (C=O) groups is 3. The normalized spacial score (nSPS) is 23.3. The summed E-state index contributed by atoms with van der Waals surface area (Å²) in [6.45, 7) is 0.218. The largest absolute Gasteiger partial charge is 0.416 e. The van der Waals surface area contributed by atoms with Gasteiger partial charge in [0.25, 0.3) is 0 Å². The molecule has 2 aromatic rings. The van der Waals surface area contributed by atoms with E-state index in [1.54, 1.807) is 4.90 Å². The summed E-state index contributed by atoms with van der Waals surface area (Å²) >= 11 is 0. The molecule has 1 heterocycles. The fraction of sp³-hybridized carbons (Fsp3) is 0.531. The number of benzene rings is 2. The van der Waals surface area contributed by atoms with Gasteiger partial charge < -0.3 is 20.4 Å². The maximum atomic E-state index is 13.8. The van der Waals surface area contributed by atoms with Crippen molar-refractivity contribution in [1.29, 1.82) is 0 Å². The lowest BCUT2D eigenvalue weighted by Gasteiger charge is -2.33. The average molecular weight is 672 g/mol. The maximum absolute atomic E-state index is 13.8. The molecule has 2 aromatic carbocycles. The van der Waals surface area contributed by atoms with Crippen LogP contribution in [0.2, 0.25) is 0 Å². The van der Waals surface area contributed by atoms with Gasteiger partial charge in [-0.25, -0.2) is 14.0 Å². The lowest BCUT2D eigenvalue weighted by Crippen LogP contribution is -2.48. The highest BCUT2D eigenvalue weighted by molar-refractivity contribution is 5.92. The molecule has 2 atom stereocenters. The highest BCUT2D eigenvalue weighted by Crippen LogP contribution is 2.39. The average Bonchev–Trinajstić information content (AvgIpc) is 3.72. The molecule has 2 unspecified atom stereocenters. The highest BCUT2D eigenvalue weighted by Gasteiger charge is 2.43. The van der Waals surface area contributed by atoms with Crippen molar-refractivity contribution in [3.8, 4) is 0 Å². The number of hydrogen-bond acceptors (Lipinski definition) is 3. The summed E-state index contributed by atoms with van der Waals surface area (Å²) in [4.78, 5) is 43.0. The number of anilines is 1. The first-order chi connectivity index (χ1) is 22.0. The van der Waals surface area contributed by atoms with Gasteiger partial charge in [-0.2, -0.15) is 26.3 Å². The predicted molar refractivity (Wildman–Crippen MR) is 158 cm³/mol. The number of halogens is 7. The Balaban J connectivity index is 1.32. The van der Waals surface area contributed by atoms with Crippen LogP contribution in [0.4, 0.5) is 46.0 Å². The molecule has 8 nitrogen and oxygen atoms in total. The molecule has 1 aliphatic heterocycles. The first kappa shape index (κ1) is 34.3. The predicted octanol–water partition coefficient (Wildman–Crippen LogP) is 6.37. The van der Waals surface area contributed by atoms with Crippen molar-refractivity contribution in [3.63, 3.8) is 0 Å². The number of rotatable bonds is 6. The van der Waals surface area contributed by atoms with Gasteiger partial charge in [-0.05, 0) is 74.4 Å². The minimum atomic E-state index is -5.09. The molecule has 1 saturated heterocycles. The summed E-state index contributed by atoms with van der Waals surface area (Å²) in [6, 6.07) is 4.78. The van der Waals surface area contributed by atoms with Crippen molar-refractivity contribution in [1.82, 2.24) is 20.4 Å². The summed E-state index contributed by atoms with van der Waals surface area (Å²) in [5.41, 5.74) is -3.11. The minimum absolute atomic E-state index is 0.0109. The monoisotopic (exact) mass is 671 g/mol. The smallest absolute Gasteiger partial charge is 0.340 e. The van der Waals surface area contributed by atoms with Crippen LogP contribution < -0.4 is 15.5 Å². The Kier molecular flexibility index (Phi) is 9.65. The standard InChI is InChI=1S/C32H36F7N5O3/c1-42(25-14-20(31(34,35)36)13-21(15-25)32(37,38)39)30(47)43(2)27-17-44(16-26(27)18-3-7-22(33)8-4-18)28(45)19-5-9-23(10-6-19)40-29(46)41-24-11-12-24/h3-4,7-8,13-15,19,23-24,26-27H,5-6,9-12,16-17H2,1-2H3,(H2,40,41,46). The first-order valence-corrected chi connectivity index (χ1v) is 15.4. The zero-order valence-corrected chi connectivity index (χ0v) is 25.8. The van der Waals surface area contributed by atoms with E-state index in [0.717, 1.165) is 19.9 Å². The van der Waals surface area contributed by atoms with Gasteiger partial charge in [-0.3, -0.25) is 9.69 Å². The van der Waals surface area contributed by atoms with Gasteiger partial charge in [-0.15, -0.1) is 0 Å². The second kappa shape index (κ2) is 13.2. The molecule has 0 bridgehead atoms. The van der Waals surface area contributed by atoms with Gasteiger partial charge in [0.05, 0.1) is 17.2 Å². The molecule has 0 aromatic heterocycles. The number of likely N-dealkylation sites (N-methyl/N-ethyl adjacent to an activating group) is 1. The van der Waals surface area contributed by atoms with Crippen LogP contribution in [0.5, 0.6) is 0 Å². The Morgan fingerprint density at radius 1 is 0.766 bits per heavy atom. The summed E-state index contributed by atoms with van der Waals surface area (Å²) < 4.78 is 94.8. The van der Waals surface area contributed by atoms with Crippen LogP contribution in [0.25, 0.3) is 0 Å². The van der Waals surface area contributed by atoms with Crippen molar-refractivity contribution in [2.75, 3.05) is 32.1 Å². The van der Waals surface area contributed by atoms with Gasteiger partial charge in [0.2, 0.25) is 5.91 Å². The molecule has 3 aliphatic rings. The number of urea groups is 2. The van der Waals surface area contributed by atoms with E-state index in [2.05, 4.69) is 10.6 Å². The molecule has 5 rings (SSSR count). The van der Waals surface area contributed by atoms with Crippen LogP contribution in [0.3, 0.4) is 0 Å². The maximum Gasteiger partial charge on any atom is 0.416 e. The van der Waals surface area contributed by atoms with E-state index in [-0.39, 0.29) is 49.1 Å². The van der Waals surface area contributed by atoms with Gasteiger partial charge in [-0.1, -0.05) is 12.1 Å². The highest BCUT2D eigenvalue weighted by atomic mass is 19.4. The first-order valence-electron chi connectivity index (χ1n) is 15.4. The lowest BCUT2D eigenvalue weighted by molar-refractivity contribution is -0.143. The van der Waals surface area contributed by atoms with Crippen LogP contribution in [0.15, 0.2) is 42.5 Å². The molecule has 2 saturated carbocycles. The number of carbonyl (C=O) groups excluding carboxylic acids is 3. The summed E-state index contributed by atoms with van der Waals surface area (Å²) in [5.74, 6) is -1.50. The van der Waals surface area contributed by atoms with Crippen LogP contribution in [0, 0.1) is 11.7 Å². The molecular weight excluding hydrogens is 635 g/mol. The van der Waals surface area contributed by atoms with Crippen LogP contribution >= 0.6 is 0 Å². The molecule has 0 radical (unpaired) electrons. The number of hydrogen-bond donors (Lipinski definition) is 2. The van der Waals surface area contributed by atoms with Gasteiger partial charge in [0.1, 0.15) is 5.82 Å². The fourth-order valence-electron chi connectivity index (χ4n) is 6.40. The van der Waals surface area contributed by atoms with Gasteiger partial charge >= 0.3 is 24.4 Å². The lowest BCUT2D eigenvalue weighted by atomic mass is 9.85. The van der Waals surface area contributed by atoms with Crippen LogP contribution in [-0.4, -0.2) is 73.1 Å². The van der Waals surface area contributed by atoms with Crippen molar-refractivity contribution >= 4 is 23.7 Å². The molecule has 47 heavy (non-hydrogen) atoms. The van der Waals surface area contributed by atoms with Crippen LogP contribution in [-0.2, 0) is 17.1 Å². The number of likely N-dealkylation sites (tertiary alicyclic amines) is 1. The Hall–Kier alpha value is -4.04. The van der Waals surface area contributed by atoms with Crippen molar-refractivity contribution in [2.45, 2.75) is 74.9 Å². The number of nitrogens with zero attached hydrogens (tertiary/aromatic N) is 3. The molecule has 3 fully saturated rings. The number of nitrogens with one attached hydrogen (secondary N) is 2. The van der Waals surface area contributed by atoms with Crippen molar-refractivity contribution < 1.29 is 45.1 Å². The Morgan fingerprint density at radius 3 is 1.77 bits per heavy atom. The third-order valence-electron chi connectivity index (χ3n) is 9.27. The molecule has 2 N–H and O–H groups in total. The number of alkyl halides is 6. The summed E-state index contributed by atoms with van der Waals surface area (Å²) in [6.07, 6.45) is -5.99. The van der Waals surface area contributed by atoms with E-state index in [9.17, 15) is 45.1 Å². The molecule has 256 valence electrons. The van der Waals surface area contributed by atoms with E-state index in [1.165, 1.54) is 36.2 Å². The van der Waals surface area contributed by atoms with E-state index in [0.29, 0.717) is 48.3 Å². The quantitative estimate of drug-likeness (QED) is 0.351. The zero-order chi connectivity index (χ0) is 34.3. The SMILES string of the molecule is CN(C(=O)N(C)C1CN(C(=O)C2CCC(NC(=O)NC3CC3)CC2)CC1c1ccc(F)cc1)c1cc(C(F)(F)F)cc(C(F)(F)F)c1. The summed E-state index contributed by atoms with van der Waals surface area (Å²) in [7, 11) is 2.45. The van der Waals surface area contributed by atoms with E-state index < -0.39 is 53.0 Å². The van der Waals surface area contributed by atoms with Crippen molar-refractivity contribution in [2.24, 2.45) is 5.92 Å².